The highest BCUT2D eigenvalue weighted by Gasteiger charge is 2.43. The number of ether oxygens (including phenoxy) is 1. The number of hydrogen-bond donors (Lipinski definition) is 1. The summed E-state index contributed by atoms with van der Waals surface area (Å²) < 4.78 is 63.2. The molecule has 0 aromatic rings. The van der Waals surface area contributed by atoms with Crippen LogP contribution in [-0.4, -0.2) is 38.1 Å². The fourth-order valence-electron chi connectivity index (χ4n) is 0.867. The first-order valence-electron chi connectivity index (χ1n) is 4.69. The fourth-order valence-corrected chi connectivity index (χ4v) is 1.92. The normalized spacial score (nSPS) is 15.1. The van der Waals surface area contributed by atoms with Crippen LogP contribution in [-0.2, 0) is 13.8 Å². The zero-order valence-corrected chi connectivity index (χ0v) is 11.4. The van der Waals surface area contributed by atoms with E-state index in [1.54, 1.807) is 0 Å². The van der Waals surface area contributed by atoms with Crippen LogP contribution in [0.15, 0.2) is 0 Å². The van der Waals surface area contributed by atoms with Crippen LogP contribution in [0.3, 0.4) is 0 Å². The van der Waals surface area contributed by atoms with Gasteiger partial charge in [-0.2, -0.15) is 13.2 Å². The van der Waals surface area contributed by atoms with Gasteiger partial charge < -0.3 is 10.1 Å². The van der Waals surface area contributed by atoms with E-state index in [1.165, 1.54) is 26.1 Å². The van der Waals surface area contributed by atoms with Gasteiger partial charge in [0.15, 0.2) is 0 Å². The number of halogens is 4. The highest BCUT2D eigenvalue weighted by molar-refractivity contribution is 8.13. The summed E-state index contributed by atoms with van der Waals surface area (Å²) in [6.07, 6.45) is -6.32. The van der Waals surface area contributed by atoms with Crippen molar-refractivity contribution in [3.05, 3.63) is 0 Å². The summed E-state index contributed by atoms with van der Waals surface area (Å²) in [5, 5.41) is 1.42. The maximum atomic E-state index is 12.5. The Morgan fingerprint density at radius 1 is 1.33 bits per heavy atom. The molecule has 0 spiro atoms. The molecule has 108 valence electrons. The number of nitrogens with one attached hydrogen (secondary N) is 1. The lowest BCUT2D eigenvalue weighted by Gasteiger charge is -2.24. The van der Waals surface area contributed by atoms with Crippen molar-refractivity contribution in [3.63, 3.8) is 0 Å². The van der Waals surface area contributed by atoms with Crippen molar-refractivity contribution in [2.24, 2.45) is 0 Å². The van der Waals surface area contributed by atoms with Crippen molar-refractivity contribution in [3.8, 4) is 0 Å². The maximum Gasteiger partial charge on any atom is 0.409 e. The molecule has 0 rings (SSSR count). The molecule has 1 N–H and O–H groups in total. The van der Waals surface area contributed by atoms with Crippen molar-refractivity contribution in [2.75, 3.05) is 5.75 Å². The van der Waals surface area contributed by atoms with Gasteiger partial charge in [-0.25, -0.2) is 13.2 Å². The summed E-state index contributed by atoms with van der Waals surface area (Å²) in [5.74, 6) is -1.46. The van der Waals surface area contributed by atoms with Gasteiger partial charge in [0, 0.05) is 10.7 Å². The van der Waals surface area contributed by atoms with E-state index in [9.17, 15) is 26.4 Å². The quantitative estimate of drug-likeness (QED) is 0.809. The van der Waals surface area contributed by atoms with Gasteiger partial charge in [0.25, 0.3) is 0 Å². The van der Waals surface area contributed by atoms with E-state index >= 15 is 0 Å². The summed E-state index contributed by atoms with van der Waals surface area (Å²) in [4.78, 5) is 11.1. The molecule has 0 saturated carbocycles. The Balaban J connectivity index is 4.78. The summed E-state index contributed by atoms with van der Waals surface area (Å²) in [6, 6.07) is -2.62. The molecule has 0 bridgehead atoms. The Morgan fingerprint density at radius 2 is 1.78 bits per heavy atom. The zero-order valence-electron chi connectivity index (χ0n) is 9.84. The molecule has 0 aliphatic rings. The van der Waals surface area contributed by atoms with Crippen LogP contribution in [0.1, 0.15) is 20.8 Å². The average molecular weight is 312 g/mol. The number of carbonyl (C=O) groups is 1. The number of hydrogen-bond acceptors (Lipinski definition) is 4. The van der Waals surface area contributed by atoms with Gasteiger partial charge >= 0.3 is 12.3 Å². The topological polar surface area (TPSA) is 72.5 Å². The molecule has 0 aromatic carbocycles. The number of alkyl carbamates (subject to hydrolysis) is 1. The highest BCUT2D eigenvalue weighted by Crippen LogP contribution is 2.22. The minimum Gasteiger partial charge on any atom is -0.444 e. The summed E-state index contributed by atoms with van der Waals surface area (Å²) in [6.45, 7) is 4.36. The molecule has 1 amide bonds. The molecule has 0 aromatic heterocycles. The van der Waals surface area contributed by atoms with Crippen molar-refractivity contribution < 1.29 is 31.1 Å². The second-order valence-corrected chi connectivity index (χ2v) is 7.27. The molecule has 0 aliphatic carbocycles. The van der Waals surface area contributed by atoms with E-state index in [2.05, 4.69) is 4.74 Å². The van der Waals surface area contributed by atoms with Crippen molar-refractivity contribution in [2.45, 2.75) is 38.6 Å². The minimum atomic E-state index is -4.95. The lowest BCUT2D eigenvalue weighted by atomic mass is 10.2. The van der Waals surface area contributed by atoms with Crippen molar-refractivity contribution in [1.29, 1.82) is 0 Å². The van der Waals surface area contributed by atoms with E-state index in [-0.39, 0.29) is 0 Å². The Labute approximate surface area is 107 Å². The predicted octanol–water partition coefficient (Wildman–Crippen LogP) is 2.01. The zero-order chi connectivity index (χ0) is 14.8. The third-order valence-electron chi connectivity index (χ3n) is 1.45. The van der Waals surface area contributed by atoms with Gasteiger partial charge in [0.05, 0.1) is 5.75 Å². The second kappa shape index (κ2) is 5.52. The third kappa shape index (κ3) is 8.40. The van der Waals surface area contributed by atoms with Gasteiger partial charge in [-0.15, -0.1) is 0 Å². The SMILES string of the molecule is CC(C)(C)OC(=O)NC(CS(=O)(=O)Cl)C(F)(F)F. The van der Waals surface area contributed by atoms with E-state index in [0.29, 0.717) is 0 Å². The van der Waals surface area contributed by atoms with Crippen LogP contribution in [0.4, 0.5) is 18.0 Å². The van der Waals surface area contributed by atoms with Crippen molar-refractivity contribution >= 4 is 25.8 Å². The largest absolute Gasteiger partial charge is 0.444 e. The van der Waals surface area contributed by atoms with Gasteiger partial charge in [0.2, 0.25) is 9.05 Å². The minimum absolute atomic E-state index is 1.000. The monoisotopic (exact) mass is 311 g/mol. The molecule has 1 unspecified atom stereocenters. The molecule has 18 heavy (non-hydrogen) atoms. The molecule has 5 nitrogen and oxygen atoms in total. The van der Waals surface area contributed by atoms with Gasteiger partial charge in [0.1, 0.15) is 11.6 Å². The predicted molar refractivity (Wildman–Crippen MR) is 58.9 cm³/mol. The second-order valence-electron chi connectivity index (χ2n) is 4.45. The molecule has 0 aliphatic heterocycles. The molecule has 1 atom stereocenters. The fraction of sp³-hybridized carbons (Fsp3) is 0.875. The Hall–Kier alpha value is -0.700. The molecule has 0 radical (unpaired) electrons. The first kappa shape index (κ1) is 17.3. The molecular weight excluding hydrogens is 299 g/mol. The van der Waals surface area contributed by atoms with Crippen LogP contribution in [0, 0.1) is 0 Å². The van der Waals surface area contributed by atoms with E-state index in [4.69, 9.17) is 10.7 Å². The van der Waals surface area contributed by atoms with Crippen LogP contribution < -0.4 is 5.32 Å². The van der Waals surface area contributed by atoms with Gasteiger partial charge in [-0.3, -0.25) is 0 Å². The lowest BCUT2D eigenvalue weighted by molar-refractivity contribution is -0.149. The summed E-state index contributed by atoms with van der Waals surface area (Å²) in [5.41, 5.74) is -1.000. The van der Waals surface area contributed by atoms with Gasteiger partial charge in [-0.1, -0.05) is 0 Å². The Morgan fingerprint density at radius 3 is 2.06 bits per heavy atom. The van der Waals surface area contributed by atoms with Crippen LogP contribution in [0.2, 0.25) is 0 Å². The first-order valence-corrected chi connectivity index (χ1v) is 7.17. The Bertz CT molecular complexity index is 402. The smallest absolute Gasteiger partial charge is 0.409 e. The third-order valence-corrected chi connectivity index (χ3v) is 2.56. The standard InChI is InChI=1S/C8H13ClF3NO4S/c1-7(2,3)17-6(14)13-5(8(10,11)12)4-18(9,15)16/h5H,4H2,1-3H3,(H,13,14). The van der Waals surface area contributed by atoms with Crippen LogP contribution >= 0.6 is 10.7 Å². The van der Waals surface area contributed by atoms with E-state index in [1.807, 2.05) is 0 Å². The van der Waals surface area contributed by atoms with Crippen LogP contribution in [0.25, 0.3) is 0 Å². The summed E-state index contributed by atoms with van der Waals surface area (Å²) in [7, 11) is 0.317. The number of alkyl halides is 3. The first-order chi connectivity index (χ1) is 7.71. The maximum absolute atomic E-state index is 12.5. The number of rotatable bonds is 3. The van der Waals surface area contributed by atoms with E-state index in [0.717, 1.165) is 0 Å². The summed E-state index contributed by atoms with van der Waals surface area (Å²) >= 11 is 0. The van der Waals surface area contributed by atoms with Crippen LogP contribution in [0.5, 0.6) is 0 Å². The number of carbonyl (C=O) groups excluding carboxylic acids is 1. The molecular formula is C8H13ClF3NO4S. The van der Waals surface area contributed by atoms with Crippen molar-refractivity contribution in [1.82, 2.24) is 5.32 Å². The van der Waals surface area contributed by atoms with E-state index < -0.39 is 38.7 Å². The van der Waals surface area contributed by atoms with Gasteiger partial charge in [-0.05, 0) is 20.8 Å². The molecule has 0 heterocycles. The average Bonchev–Trinajstić information content (AvgIpc) is 1.93. The molecule has 0 saturated heterocycles. The lowest BCUT2D eigenvalue weighted by Crippen LogP contribution is -2.50. The number of amides is 1. The highest BCUT2D eigenvalue weighted by atomic mass is 35.7. The Kier molecular flexibility index (Phi) is 5.30. The molecule has 0 fully saturated rings. The molecule has 10 heteroatoms.